The van der Waals surface area contributed by atoms with Crippen molar-refractivity contribution in [3.63, 3.8) is 0 Å². The van der Waals surface area contributed by atoms with E-state index in [0.29, 0.717) is 12.8 Å². The fraction of sp³-hybridized carbons (Fsp3) is 0.553. The van der Waals surface area contributed by atoms with E-state index < -0.39 is 6.10 Å². The van der Waals surface area contributed by atoms with Gasteiger partial charge in [0.25, 0.3) is 0 Å². The van der Waals surface area contributed by atoms with Crippen LogP contribution in [-0.2, 0) is 33.5 Å². The number of hydrogen-bond donors (Lipinski definition) is 3. The van der Waals surface area contributed by atoms with Crippen molar-refractivity contribution in [3.8, 4) is 23.0 Å². The summed E-state index contributed by atoms with van der Waals surface area (Å²) >= 11 is 0. The lowest BCUT2D eigenvalue weighted by molar-refractivity contribution is -0.145. The van der Waals surface area contributed by atoms with Crippen molar-refractivity contribution >= 4 is 5.97 Å². The molecule has 0 aromatic heterocycles. The third-order valence-electron chi connectivity index (χ3n) is 10.7. The Morgan fingerprint density at radius 1 is 0.830 bits per heavy atom. The molecule has 0 bridgehead atoms. The molecule has 8 rings (SSSR count). The molecule has 4 heterocycles. The van der Waals surface area contributed by atoms with Crippen LogP contribution in [0.4, 0.5) is 0 Å². The van der Waals surface area contributed by atoms with Crippen molar-refractivity contribution in [1.29, 1.82) is 0 Å². The second-order valence-electron chi connectivity index (χ2n) is 13.2. The van der Waals surface area contributed by atoms with Crippen LogP contribution in [0.2, 0.25) is 0 Å². The Labute approximate surface area is 279 Å². The Morgan fingerprint density at radius 2 is 1.32 bits per heavy atom. The first-order valence-electron chi connectivity index (χ1n) is 16.1. The van der Waals surface area contributed by atoms with E-state index >= 15 is 0 Å². The maximum absolute atomic E-state index is 11.3. The van der Waals surface area contributed by atoms with E-state index in [-0.39, 0.29) is 50.0 Å². The van der Waals surface area contributed by atoms with E-state index in [2.05, 4.69) is 48.8 Å². The Kier molecular flexibility index (Phi) is 9.75. The number of rotatable bonds is 3. The molecule has 2 aromatic rings. The van der Waals surface area contributed by atoms with Gasteiger partial charge in [-0.2, -0.15) is 0 Å². The number of nitrogens with one attached hydrogen (secondary N) is 2. The lowest BCUT2D eigenvalue weighted by atomic mass is 9.68. The largest absolute Gasteiger partial charge is 0.493 e. The molecule has 4 aliphatic heterocycles. The van der Waals surface area contributed by atoms with Gasteiger partial charge in [0.1, 0.15) is 18.3 Å². The van der Waals surface area contributed by atoms with E-state index in [4.69, 9.17) is 23.7 Å². The van der Waals surface area contributed by atoms with Crippen LogP contribution in [0, 0.1) is 13.8 Å². The highest BCUT2D eigenvalue weighted by Crippen LogP contribution is 2.57. The summed E-state index contributed by atoms with van der Waals surface area (Å²) in [6.45, 7) is 9.30. The first-order valence-corrected chi connectivity index (χ1v) is 16.1. The van der Waals surface area contributed by atoms with Gasteiger partial charge in [0.15, 0.2) is 23.0 Å². The second-order valence-corrected chi connectivity index (χ2v) is 13.2. The summed E-state index contributed by atoms with van der Waals surface area (Å²) in [7, 11) is 3.37. The molecule has 3 N–H and O–H groups in total. The minimum atomic E-state index is -0.415. The summed E-state index contributed by atoms with van der Waals surface area (Å²) < 4.78 is 29.2. The summed E-state index contributed by atoms with van der Waals surface area (Å²) in [5.41, 5.74) is 7.34. The summed E-state index contributed by atoms with van der Waals surface area (Å²) in [5, 5.41) is 17.0. The Bertz CT molecular complexity index is 1580. The van der Waals surface area contributed by atoms with Crippen LogP contribution in [0.15, 0.2) is 36.4 Å². The number of ether oxygens (including phenoxy) is 5. The minimum Gasteiger partial charge on any atom is -0.493 e. The monoisotopic (exact) mass is 648 g/mol. The smallest absolute Gasteiger partial charge is 0.303 e. The molecular formula is C38H52N2O7. The molecule has 2 aliphatic carbocycles. The van der Waals surface area contributed by atoms with Gasteiger partial charge < -0.3 is 39.4 Å². The molecule has 2 aromatic carbocycles. The summed E-state index contributed by atoms with van der Waals surface area (Å²) in [4.78, 5) is 11.3. The van der Waals surface area contributed by atoms with E-state index in [1.165, 1.54) is 40.3 Å². The van der Waals surface area contributed by atoms with Gasteiger partial charge in [-0.05, 0) is 80.2 Å². The fourth-order valence-corrected chi connectivity index (χ4v) is 8.51. The van der Waals surface area contributed by atoms with Crippen LogP contribution in [0.25, 0.3) is 0 Å². The quantitative estimate of drug-likeness (QED) is 0.295. The molecule has 256 valence electrons. The first kappa shape index (κ1) is 34.8. The molecule has 47 heavy (non-hydrogen) atoms. The number of aliphatic hydroxyl groups is 1. The minimum absolute atomic E-state index is 0. The molecule has 0 amide bonds. The van der Waals surface area contributed by atoms with Crippen LogP contribution in [-0.4, -0.2) is 62.8 Å². The molecule has 0 saturated heterocycles. The molecule has 0 fully saturated rings. The lowest BCUT2D eigenvalue weighted by Gasteiger charge is -2.36. The van der Waals surface area contributed by atoms with Gasteiger partial charge in [-0.3, -0.25) is 4.79 Å². The molecule has 4 unspecified atom stereocenters. The average molecular weight is 649 g/mol. The normalized spacial score (nSPS) is 30.0. The van der Waals surface area contributed by atoms with E-state index in [9.17, 15) is 9.90 Å². The number of hydrogen-bond acceptors (Lipinski definition) is 9. The summed E-state index contributed by atoms with van der Waals surface area (Å²) in [5.74, 6) is 3.09. The number of esters is 1. The van der Waals surface area contributed by atoms with E-state index in [1.807, 2.05) is 12.2 Å². The molecule has 9 nitrogen and oxygen atoms in total. The Morgan fingerprint density at radius 3 is 1.81 bits per heavy atom. The highest BCUT2D eigenvalue weighted by Gasteiger charge is 2.54. The van der Waals surface area contributed by atoms with E-state index in [1.54, 1.807) is 14.2 Å². The van der Waals surface area contributed by atoms with Crippen LogP contribution >= 0.6 is 0 Å². The van der Waals surface area contributed by atoms with Gasteiger partial charge in [0.2, 0.25) is 0 Å². The number of aliphatic hydroxyl groups excluding tert-OH is 1. The van der Waals surface area contributed by atoms with E-state index in [0.717, 1.165) is 62.0 Å². The van der Waals surface area contributed by atoms with Gasteiger partial charge in [0, 0.05) is 44.0 Å². The van der Waals surface area contributed by atoms with Gasteiger partial charge >= 0.3 is 5.97 Å². The molecule has 0 radical (unpaired) electrons. The predicted octanol–water partition coefficient (Wildman–Crippen LogP) is 5.48. The first-order chi connectivity index (χ1) is 21.7. The SMILES string of the molecule is C.C.COc1cc(C)c2c3c1OC1C[C@@H](O)C=CC31CCNC2.COc1cc(C)c2c3c1OC1C[C@H](OC(C)=O)C=CC31CCNC2. The highest BCUT2D eigenvalue weighted by molar-refractivity contribution is 5.67. The molecular weight excluding hydrogens is 596 g/mol. The predicted molar refractivity (Wildman–Crippen MR) is 183 cm³/mol. The van der Waals surface area contributed by atoms with Crippen LogP contribution in [0.1, 0.15) is 80.8 Å². The van der Waals surface area contributed by atoms with Crippen molar-refractivity contribution in [2.45, 2.75) is 110 Å². The van der Waals surface area contributed by atoms with Gasteiger partial charge in [0.05, 0.1) is 31.2 Å². The number of aryl methyl sites for hydroxylation is 2. The van der Waals surface area contributed by atoms with Crippen LogP contribution in [0.3, 0.4) is 0 Å². The van der Waals surface area contributed by atoms with Crippen molar-refractivity contribution in [2.75, 3.05) is 27.3 Å². The molecule has 9 heteroatoms. The van der Waals surface area contributed by atoms with Crippen molar-refractivity contribution in [1.82, 2.24) is 10.6 Å². The lowest BCUT2D eigenvalue weighted by Crippen LogP contribution is -2.43. The average Bonchev–Trinajstić information content (AvgIpc) is 3.33. The summed E-state index contributed by atoms with van der Waals surface area (Å²) in [6.07, 6.45) is 10.9. The van der Waals surface area contributed by atoms with Gasteiger partial charge in [-0.15, -0.1) is 0 Å². The van der Waals surface area contributed by atoms with Crippen molar-refractivity contribution in [2.24, 2.45) is 0 Å². The number of carbonyl (C=O) groups excluding carboxylic acids is 1. The van der Waals surface area contributed by atoms with Gasteiger partial charge in [-0.25, -0.2) is 0 Å². The third kappa shape index (κ3) is 5.50. The van der Waals surface area contributed by atoms with Crippen LogP contribution in [0.5, 0.6) is 23.0 Å². The van der Waals surface area contributed by atoms with Crippen LogP contribution < -0.4 is 29.6 Å². The zero-order valence-corrected chi connectivity index (χ0v) is 26.8. The highest BCUT2D eigenvalue weighted by atomic mass is 16.6. The zero-order chi connectivity index (χ0) is 31.5. The molecule has 2 spiro atoms. The fourth-order valence-electron chi connectivity index (χ4n) is 8.51. The molecule has 6 aliphatic rings. The Hall–Kier alpha value is -3.53. The van der Waals surface area contributed by atoms with Gasteiger partial charge in [-0.1, -0.05) is 33.1 Å². The summed E-state index contributed by atoms with van der Waals surface area (Å²) in [6, 6.07) is 4.12. The zero-order valence-electron chi connectivity index (χ0n) is 26.8. The maximum Gasteiger partial charge on any atom is 0.303 e. The topological polar surface area (TPSA) is 108 Å². The molecule has 6 atom stereocenters. The number of carbonyl (C=O) groups is 1. The maximum atomic E-state index is 11.3. The Balaban J connectivity index is 0.000000178. The van der Waals surface area contributed by atoms with Crippen molar-refractivity contribution in [3.05, 3.63) is 69.8 Å². The molecule has 0 saturated carbocycles. The number of benzene rings is 2. The van der Waals surface area contributed by atoms with Crippen molar-refractivity contribution < 1.29 is 33.6 Å². The third-order valence-corrected chi connectivity index (χ3v) is 10.7. The standard InChI is InChI=1S/C19H23NO4.C17H21NO3.2CH4/c1-11-8-15(22-3)18-17-14(11)10-20-7-6-19(17)5-4-13(23-12(2)21)9-16(19)24-18;1-10-7-13(20-2)16-15-12(10)9-18-6-5-17(15)4-3-11(19)8-14(17)21-16;;/h4-5,8,13,16,20H,6-7,9-10H2,1-3H3;3-4,7,11,14,18-19H,5-6,8-9H2,1-2H3;2*1H4/t13-,16?,19?;11-,14?,17?;;/m10../s1. The number of methoxy groups -OCH3 is 2. The second kappa shape index (κ2) is 13.2.